The number of anilines is 1. The van der Waals surface area contributed by atoms with Crippen LogP contribution in [0.2, 0.25) is 5.02 Å². The lowest BCUT2D eigenvalue weighted by atomic mass is 10.1. The Labute approximate surface area is 195 Å². The van der Waals surface area contributed by atoms with Crippen LogP contribution in [0.4, 0.5) is 10.5 Å². The van der Waals surface area contributed by atoms with Crippen molar-refractivity contribution in [1.82, 2.24) is 10.6 Å². The van der Waals surface area contributed by atoms with E-state index in [1.165, 1.54) is 18.2 Å². The largest absolute Gasteiger partial charge is 0.490 e. The van der Waals surface area contributed by atoms with E-state index in [1.54, 1.807) is 13.0 Å². The van der Waals surface area contributed by atoms with E-state index >= 15 is 0 Å². The topological polar surface area (TPSA) is 123 Å². The monoisotopic (exact) mass is 471 g/mol. The van der Waals surface area contributed by atoms with Gasteiger partial charge in [0.15, 0.2) is 18.1 Å². The molecule has 0 aromatic heterocycles. The summed E-state index contributed by atoms with van der Waals surface area (Å²) in [5, 5.41) is 6.85. The first-order valence-corrected chi connectivity index (χ1v) is 10.4. The lowest BCUT2D eigenvalue weighted by Crippen LogP contribution is -2.51. The maximum Gasteiger partial charge on any atom is 0.328 e. The minimum Gasteiger partial charge on any atom is -0.490 e. The standard InChI is InChI=1S/C23H22ClN3O6/c1-4-32-18-10-14(8-16-21(29)26-23(31)27-22(16)30)9-17(24)20(18)33-11-19(28)25-15-6-5-12(2)13(3)7-15/h5-10H,4,11H2,1-3H3,(H,25,28)(H2,26,27,29,30,31). The van der Waals surface area contributed by atoms with E-state index in [-0.39, 0.29) is 41.2 Å². The molecule has 172 valence electrons. The molecule has 9 nitrogen and oxygen atoms in total. The van der Waals surface area contributed by atoms with Crippen LogP contribution in [-0.4, -0.2) is 37.0 Å². The van der Waals surface area contributed by atoms with Crippen molar-refractivity contribution in [3.63, 3.8) is 0 Å². The maximum absolute atomic E-state index is 12.3. The average Bonchev–Trinajstić information content (AvgIpc) is 2.73. The number of hydrogen-bond donors (Lipinski definition) is 3. The summed E-state index contributed by atoms with van der Waals surface area (Å²) in [6, 6.07) is 7.63. The molecule has 3 N–H and O–H groups in total. The molecule has 0 spiro atoms. The first-order valence-electron chi connectivity index (χ1n) is 10.0. The van der Waals surface area contributed by atoms with Crippen LogP contribution in [0.5, 0.6) is 11.5 Å². The van der Waals surface area contributed by atoms with E-state index in [9.17, 15) is 19.2 Å². The summed E-state index contributed by atoms with van der Waals surface area (Å²) in [6.45, 7) is 5.64. The number of imide groups is 2. The van der Waals surface area contributed by atoms with Gasteiger partial charge < -0.3 is 14.8 Å². The van der Waals surface area contributed by atoms with Crippen LogP contribution < -0.4 is 25.4 Å². The molecule has 0 saturated carbocycles. The number of carbonyl (C=O) groups is 4. The number of benzene rings is 2. The Bertz CT molecular complexity index is 1150. The number of carbonyl (C=O) groups excluding carboxylic acids is 4. The van der Waals surface area contributed by atoms with Gasteiger partial charge in [0.05, 0.1) is 11.6 Å². The third-order valence-corrected chi connectivity index (χ3v) is 5.01. The van der Waals surface area contributed by atoms with Crippen LogP contribution in [0.25, 0.3) is 6.08 Å². The Kier molecular flexibility index (Phi) is 7.34. The van der Waals surface area contributed by atoms with Crippen molar-refractivity contribution in [3.8, 4) is 11.5 Å². The molecule has 0 atom stereocenters. The molecular weight excluding hydrogens is 450 g/mol. The quantitative estimate of drug-likeness (QED) is 0.421. The summed E-state index contributed by atoms with van der Waals surface area (Å²) in [6.07, 6.45) is 1.27. The van der Waals surface area contributed by atoms with Gasteiger partial charge >= 0.3 is 6.03 Å². The normalized spacial score (nSPS) is 13.2. The summed E-state index contributed by atoms with van der Waals surface area (Å²) < 4.78 is 11.2. The summed E-state index contributed by atoms with van der Waals surface area (Å²) in [7, 11) is 0. The number of barbiturate groups is 1. The van der Waals surface area contributed by atoms with Crippen molar-refractivity contribution in [2.24, 2.45) is 0 Å². The zero-order valence-corrected chi connectivity index (χ0v) is 19.0. The van der Waals surface area contributed by atoms with E-state index < -0.39 is 17.8 Å². The molecule has 0 unspecified atom stereocenters. The molecule has 1 fully saturated rings. The fourth-order valence-corrected chi connectivity index (χ4v) is 3.27. The smallest absolute Gasteiger partial charge is 0.328 e. The Balaban J connectivity index is 1.78. The van der Waals surface area contributed by atoms with Crippen LogP contribution in [0, 0.1) is 13.8 Å². The van der Waals surface area contributed by atoms with Gasteiger partial charge in [-0.1, -0.05) is 17.7 Å². The summed E-state index contributed by atoms with van der Waals surface area (Å²) >= 11 is 6.34. The number of nitrogens with one attached hydrogen (secondary N) is 3. The highest BCUT2D eigenvalue weighted by Crippen LogP contribution is 2.37. The van der Waals surface area contributed by atoms with Crippen LogP contribution >= 0.6 is 11.6 Å². The van der Waals surface area contributed by atoms with Gasteiger partial charge in [0.2, 0.25) is 0 Å². The van der Waals surface area contributed by atoms with Crippen LogP contribution in [-0.2, 0) is 14.4 Å². The Morgan fingerprint density at radius 2 is 1.73 bits per heavy atom. The lowest BCUT2D eigenvalue weighted by molar-refractivity contribution is -0.124. The van der Waals surface area contributed by atoms with Crippen LogP contribution in [0.15, 0.2) is 35.9 Å². The van der Waals surface area contributed by atoms with Crippen molar-refractivity contribution < 1.29 is 28.7 Å². The lowest BCUT2D eigenvalue weighted by Gasteiger charge is -2.16. The molecular formula is C23H22ClN3O6. The molecule has 1 saturated heterocycles. The van der Waals surface area contributed by atoms with E-state index in [2.05, 4.69) is 5.32 Å². The minimum atomic E-state index is -0.891. The Morgan fingerprint density at radius 3 is 2.36 bits per heavy atom. The van der Waals surface area contributed by atoms with Crippen molar-refractivity contribution >= 4 is 47.1 Å². The fraction of sp³-hybridized carbons (Fsp3) is 0.217. The highest BCUT2D eigenvalue weighted by molar-refractivity contribution is 6.33. The Morgan fingerprint density at radius 1 is 1.03 bits per heavy atom. The summed E-state index contributed by atoms with van der Waals surface area (Å²) in [4.78, 5) is 47.5. The molecule has 1 aliphatic rings. The molecule has 0 bridgehead atoms. The van der Waals surface area contributed by atoms with Gasteiger partial charge in [-0.05, 0) is 67.8 Å². The second-order valence-corrected chi connectivity index (χ2v) is 7.60. The average molecular weight is 472 g/mol. The van der Waals surface area contributed by atoms with Gasteiger partial charge in [-0.15, -0.1) is 0 Å². The van der Waals surface area contributed by atoms with Crippen molar-refractivity contribution in [2.75, 3.05) is 18.5 Å². The molecule has 1 aliphatic heterocycles. The SMILES string of the molecule is CCOc1cc(C=C2C(=O)NC(=O)NC2=O)cc(Cl)c1OCC(=O)Nc1ccc(C)c(C)c1. The predicted molar refractivity (Wildman–Crippen MR) is 122 cm³/mol. The van der Waals surface area contributed by atoms with Gasteiger partial charge in [-0.3, -0.25) is 25.0 Å². The number of hydrogen-bond acceptors (Lipinski definition) is 6. The molecule has 1 heterocycles. The van der Waals surface area contributed by atoms with Crippen molar-refractivity contribution in [1.29, 1.82) is 0 Å². The zero-order valence-electron chi connectivity index (χ0n) is 18.2. The molecule has 2 aromatic carbocycles. The van der Waals surface area contributed by atoms with Crippen LogP contribution in [0.3, 0.4) is 0 Å². The van der Waals surface area contributed by atoms with Crippen LogP contribution in [0.1, 0.15) is 23.6 Å². The first-order chi connectivity index (χ1) is 15.7. The predicted octanol–water partition coefficient (Wildman–Crippen LogP) is 3.12. The highest BCUT2D eigenvalue weighted by Gasteiger charge is 2.28. The van der Waals surface area contributed by atoms with Crippen molar-refractivity contribution in [3.05, 3.63) is 57.6 Å². The minimum absolute atomic E-state index is 0.111. The number of halogens is 1. The molecule has 10 heteroatoms. The second-order valence-electron chi connectivity index (χ2n) is 7.19. The highest BCUT2D eigenvalue weighted by atomic mass is 35.5. The van der Waals surface area contributed by atoms with Crippen molar-refractivity contribution in [2.45, 2.75) is 20.8 Å². The Hall–Kier alpha value is -3.85. The van der Waals surface area contributed by atoms with Gasteiger partial charge in [0.1, 0.15) is 5.57 Å². The van der Waals surface area contributed by atoms with E-state index in [0.29, 0.717) is 11.3 Å². The van der Waals surface area contributed by atoms with Gasteiger partial charge in [-0.2, -0.15) is 0 Å². The molecule has 0 aliphatic carbocycles. The zero-order chi connectivity index (χ0) is 24.1. The third kappa shape index (κ3) is 5.89. The third-order valence-electron chi connectivity index (χ3n) is 4.72. The molecule has 33 heavy (non-hydrogen) atoms. The number of urea groups is 1. The molecule has 2 aromatic rings. The van der Waals surface area contributed by atoms with E-state index in [1.807, 2.05) is 36.6 Å². The number of amides is 5. The van der Waals surface area contributed by atoms with E-state index in [0.717, 1.165) is 11.1 Å². The van der Waals surface area contributed by atoms with Gasteiger partial charge in [0.25, 0.3) is 17.7 Å². The van der Waals surface area contributed by atoms with Gasteiger partial charge in [0, 0.05) is 5.69 Å². The van der Waals surface area contributed by atoms with E-state index in [4.69, 9.17) is 21.1 Å². The summed E-state index contributed by atoms with van der Waals surface area (Å²) in [5.74, 6) is -1.68. The molecule has 0 radical (unpaired) electrons. The number of aryl methyl sites for hydroxylation is 2. The summed E-state index contributed by atoms with van der Waals surface area (Å²) in [5.41, 5.74) is 2.90. The van der Waals surface area contributed by atoms with Gasteiger partial charge in [-0.25, -0.2) is 4.79 Å². The molecule has 3 rings (SSSR count). The number of ether oxygens (including phenoxy) is 2. The second kappa shape index (κ2) is 10.2. The fourth-order valence-electron chi connectivity index (χ4n) is 3.00. The number of rotatable bonds is 7. The first kappa shape index (κ1) is 23.8. The maximum atomic E-state index is 12.3. The molecule has 5 amide bonds.